The van der Waals surface area contributed by atoms with E-state index in [1.165, 1.54) is 6.20 Å². The molecule has 0 bridgehead atoms. The van der Waals surface area contributed by atoms with Gasteiger partial charge in [-0.25, -0.2) is 9.78 Å². The second-order valence-corrected chi connectivity index (χ2v) is 5.05. The van der Waals surface area contributed by atoms with Crippen molar-refractivity contribution in [3.63, 3.8) is 0 Å². The van der Waals surface area contributed by atoms with Crippen molar-refractivity contribution in [1.29, 1.82) is 0 Å². The second kappa shape index (κ2) is 5.68. The Morgan fingerprint density at radius 1 is 1.41 bits per heavy atom. The minimum atomic E-state index is -4.68. The lowest BCUT2D eigenvalue weighted by Crippen LogP contribution is -2.11. The number of pyridine rings is 1. The molecule has 0 aliphatic carbocycles. The van der Waals surface area contributed by atoms with Crippen LogP contribution in [0, 0.1) is 0 Å². The molecule has 0 aliphatic rings. The van der Waals surface area contributed by atoms with Crippen molar-refractivity contribution in [2.75, 3.05) is 7.11 Å². The number of hydrogen-bond acceptors (Lipinski definition) is 4. The Bertz CT molecular complexity index is 725. The molecule has 0 spiro atoms. The highest BCUT2D eigenvalue weighted by Crippen LogP contribution is 2.36. The molecule has 0 aromatic carbocycles. The number of ether oxygens (including phenoxy) is 2. The quantitative estimate of drug-likeness (QED) is 0.804. The van der Waals surface area contributed by atoms with Crippen molar-refractivity contribution in [3.8, 4) is 5.75 Å². The molecule has 0 radical (unpaired) electrons. The SMILES string of the molecule is COC(=O)c1nc2c(C(F)(F)F)cc(OC(C)C)cn2c1Cl. The number of carbonyl (C=O) groups is 1. The van der Waals surface area contributed by atoms with E-state index >= 15 is 0 Å². The minimum Gasteiger partial charge on any atom is -0.489 e. The number of halogens is 4. The Morgan fingerprint density at radius 3 is 2.55 bits per heavy atom. The van der Waals surface area contributed by atoms with Crippen LogP contribution in [0.3, 0.4) is 0 Å². The number of alkyl halides is 3. The van der Waals surface area contributed by atoms with Crippen LogP contribution >= 0.6 is 11.6 Å². The molecule has 5 nitrogen and oxygen atoms in total. The Labute approximate surface area is 128 Å². The molecular formula is C13H12ClF3N2O3. The number of methoxy groups -OCH3 is 1. The van der Waals surface area contributed by atoms with Crippen molar-refractivity contribution in [2.24, 2.45) is 0 Å². The molecule has 0 saturated carbocycles. The van der Waals surface area contributed by atoms with E-state index in [1.54, 1.807) is 13.8 Å². The highest BCUT2D eigenvalue weighted by Gasteiger charge is 2.36. The van der Waals surface area contributed by atoms with Gasteiger partial charge in [-0.05, 0) is 19.9 Å². The maximum atomic E-state index is 13.2. The number of nitrogens with zero attached hydrogens (tertiary/aromatic N) is 2. The molecule has 0 saturated heterocycles. The predicted molar refractivity (Wildman–Crippen MR) is 72.3 cm³/mol. The zero-order valence-electron chi connectivity index (χ0n) is 11.9. The van der Waals surface area contributed by atoms with Crippen molar-refractivity contribution in [2.45, 2.75) is 26.1 Å². The zero-order chi connectivity index (χ0) is 16.7. The van der Waals surface area contributed by atoms with Crippen LogP contribution in [0.4, 0.5) is 13.2 Å². The van der Waals surface area contributed by atoms with Crippen LogP contribution in [0.1, 0.15) is 29.9 Å². The van der Waals surface area contributed by atoms with Gasteiger partial charge in [-0.3, -0.25) is 4.40 Å². The van der Waals surface area contributed by atoms with Gasteiger partial charge in [0.1, 0.15) is 16.5 Å². The first-order valence-corrected chi connectivity index (χ1v) is 6.56. The van der Waals surface area contributed by atoms with Crippen LogP contribution in [0.25, 0.3) is 5.65 Å². The van der Waals surface area contributed by atoms with E-state index in [0.717, 1.165) is 17.6 Å². The first kappa shape index (κ1) is 16.4. The number of esters is 1. The molecule has 0 fully saturated rings. The normalized spacial score (nSPS) is 12.0. The summed E-state index contributed by atoms with van der Waals surface area (Å²) in [5, 5.41) is -0.276. The van der Waals surface area contributed by atoms with Crippen LogP contribution in [0.2, 0.25) is 5.15 Å². The fraction of sp³-hybridized carbons (Fsp3) is 0.385. The van der Waals surface area contributed by atoms with Gasteiger partial charge in [0, 0.05) is 0 Å². The van der Waals surface area contributed by atoms with Gasteiger partial charge in [0.15, 0.2) is 11.3 Å². The number of carbonyl (C=O) groups excluding carboxylic acids is 1. The number of hydrogen-bond donors (Lipinski definition) is 0. The zero-order valence-corrected chi connectivity index (χ0v) is 12.6. The van der Waals surface area contributed by atoms with E-state index in [0.29, 0.717) is 0 Å². The topological polar surface area (TPSA) is 52.8 Å². The molecule has 2 rings (SSSR count). The number of aromatic nitrogens is 2. The Hall–Kier alpha value is -1.96. The molecule has 2 heterocycles. The Kier molecular flexibility index (Phi) is 4.23. The van der Waals surface area contributed by atoms with Gasteiger partial charge in [-0.15, -0.1) is 0 Å². The maximum Gasteiger partial charge on any atom is 0.420 e. The number of fused-ring (bicyclic) bond motifs is 1. The van der Waals surface area contributed by atoms with Crippen LogP contribution in [0.5, 0.6) is 5.75 Å². The summed E-state index contributed by atoms with van der Waals surface area (Å²) >= 11 is 5.94. The summed E-state index contributed by atoms with van der Waals surface area (Å²) in [7, 11) is 1.08. The minimum absolute atomic E-state index is 0.0365. The van der Waals surface area contributed by atoms with Gasteiger partial charge < -0.3 is 9.47 Å². The lowest BCUT2D eigenvalue weighted by Gasteiger charge is -2.14. The molecule has 2 aromatic rings. The fourth-order valence-corrected chi connectivity index (χ4v) is 2.11. The summed E-state index contributed by atoms with van der Waals surface area (Å²) in [6.45, 7) is 3.35. The summed E-state index contributed by atoms with van der Waals surface area (Å²) in [5.41, 5.74) is -1.94. The number of imidazole rings is 1. The maximum absolute atomic E-state index is 13.2. The van der Waals surface area contributed by atoms with E-state index in [-0.39, 0.29) is 17.0 Å². The Balaban J connectivity index is 2.76. The van der Waals surface area contributed by atoms with Gasteiger partial charge in [0.2, 0.25) is 0 Å². The van der Waals surface area contributed by atoms with Gasteiger partial charge in [-0.1, -0.05) is 11.6 Å². The molecular weight excluding hydrogens is 325 g/mol. The monoisotopic (exact) mass is 336 g/mol. The molecule has 0 unspecified atom stereocenters. The molecule has 9 heteroatoms. The van der Waals surface area contributed by atoms with Crippen LogP contribution in [-0.2, 0) is 10.9 Å². The van der Waals surface area contributed by atoms with E-state index in [2.05, 4.69) is 9.72 Å². The highest BCUT2D eigenvalue weighted by molar-refractivity contribution is 6.32. The summed E-state index contributed by atoms with van der Waals surface area (Å²) in [5.74, 6) is -0.960. The lowest BCUT2D eigenvalue weighted by atomic mass is 10.2. The average Bonchev–Trinajstić information content (AvgIpc) is 2.73. The molecule has 120 valence electrons. The number of rotatable bonds is 3. The fourth-order valence-electron chi connectivity index (χ4n) is 1.86. The van der Waals surface area contributed by atoms with E-state index in [9.17, 15) is 18.0 Å². The largest absolute Gasteiger partial charge is 0.489 e. The van der Waals surface area contributed by atoms with E-state index < -0.39 is 29.1 Å². The van der Waals surface area contributed by atoms with Crippen LogP contribution in [0.15, 0.2) is 12.3 Å². The third-order valence-electron chi connectivity index (χ3n) is 2.69. The predicted octanol–water partition coefficient (Wildman–Crippen LogP) is 3.58. The van der Waals surface area contributed by atoms with Crippen LogP contribution < -0.4 is 4.74 Å². The molecule has 22 heavy (non-hydrogen) atoms. The first-order chi connectivity index (χ1) is 10.1. The smallest absolute Gasteiger partial charge is 0.420 e. The lowest BCUT2D eigenvalue weighted by molar-refractivity contribution is -0.136. The molecule has 0 atom stereocenters. The standard InChI is InChI=1S/C13H12ClF3N2O3/c1-6(2)22-7-4-8(13(15,16)17)11-18-9(12(20)21-3)10(14)19(11)5-7/h4-6H,1-3H3. The summed E-state index contributed by atoms with van der Waals surface area (Å²) < 4.78 is 50.3. The van der Waals surface area contributed by atoms with Gasteiger partial charge in [0.05, 0.1) is 19.4 Å². The van der Waals surface area contributed by atoms with Gasteiger partial charge in [0.25, 0.3) is 0 Å². The molecule has 2 aromatic heterocycles. The molecule has 0 N–H and O–H groups in total. The summed E-state index contributed by atoms with van der Waals surface area (Å²) in [4.78, 5) is 15.2. The van der Waals surface area contributed by atoms with Crippen molar-refractivity contribution >= 4 is 23.2 Å². The molecule has 0 aliphatic heterocycles. The van der Waals surface area contributed by atoms with E-state index in [1.807, 2.05) is 0 Å². The molecule has 0 amide bonds. The second-order valence-electron chi connectivity index (χ2n) is 4.69. The summed E-state index contributed by atoms with van der Waals surface area (Å²) in [6, 6.07) is 0.819. The van der Waals surface area contributed by atoms with Crippen LogP contribution in [-0.4, -0.2) is 28.6 Å². The Morgan fingerprint density at radius 2 is 2.05 bits per heavy atom. The first-order valence-electron chi connectivity index (χ1n) is 6.19. The average molecular weight is 337 g/mol. The highest BCUT2D eigenvalue weighted by atomic mass is 35.5. The third kappa shape index (κ3) is 2.96. The van der Waals surface area contributed by atoms with E-state index in [4.69, 9.17) is 16.3 Å². The van der Waals surface area contributed by atoms with Gasteiger partial charge in [-0.2, -0.15) is 13.2 Å². The van der Waals surface area contributed by atoms with Crippen molar-refractivity contribution in [3.05, 3.63) is 28.7 Å². The van der Waals surface area contributed by atoms with Crippen molar-refractivity contribution in [1.82, 2.24) is 9.38 Å². The van der Waals surface area contributed by atoms with Crippen molar-refractivity contribution < 1.29 is 27.4 Å². The summed E-state index contributed by atoms with van der Waals surface area (Å²) in [6.07, 6.45) is -3.77. The van der Waals surface area contributed by atoms with Gasteiger partial charge >= 0.3 is 12.1 Å². The third-order valence-corrected chi connectivity index (χ3v) is 3.05.